The summed E-state index contributed by atoms with van der Waals surface area (Å²) in [6.07, 6.45) is 0. The molecule has 1 aromatic heterocycles. The van der Waals surface area contributed by atoms with E-state index < -0.39 is 0 Å². The van der Waals surface area contributed by atoms with Crippen LogP contribution in [0.2, 0.25) is 0 Å². The minimum atomic E-state index is -0.200. The fraction of sp³-hybridized carbons (Fsp3) is 0.231. The van der Waals surface area contributed by atoms with Gasteiger partial charge < -0.3 is 9.72 Å². The van der Waals surface area contributed by atoms with Gasteiger partial charge in [-0.3, -0.25) is 4.79 Å². The SMILES string of the molecule is CC(C)c1nc(Oc2ccc(I)cc2)cc(=O)[nH]1. The maximum Gasteiger partial charge on any atom is 0.254 e. The second kappa shape index (κ2) is 5.51. The molecule has 4 nitrogen and oxygen atoms in total. The Morgan fingerprint density at radius 1 is 1.28 bits per heavy atom. The Labute approximate surface area is 119 Å². The summed E-state index contributed by atoms with van der Waals surface area (Å²) in [5.41, 5.74) is -0.200. The van der Waals surface area contributed by atoms with Crippen molar-refractivity contribution in [3.63, 3.8) is 0 Å². The van der Waals surface area contributed by atoms with Crippen molar-refractivity contribution in [3.8, 4) is 11.6 Å². The van der Waals surface area contributed by atoms with Gasteiger partial charge in [-0.2, -0.15) is 4.98 Å². The van der Waals surface area contributed by atoms with E-state index in [4.69, 9.17) is 4.74 Å². The molecule has 0 aliphatic carbocycles. The monoisotopic (exact) mass is 356 g/mol. The van der Waals surface area contributed by atoms with Crippen LogP contribution in [-0.2, 0) is 0 Å². The molecule has 0 saturated carbocycles. The molecule has 0 aliphatic rings. The van der Waals surface area contributed by atoms with Crippen molar-refractivity contribution in [2.45, 2.75) is 19.8 Å². The van der Waals surface area contributed by atoms with Crippen molar-refractivity contribution >= 4 is 22.6 Å². The number of nitrogens with one attached hydrogen (secondary N) is 1. The summed E-state index contributed by atoms with van der Waals surface area (Å²) in [7, 11) is 0. The summed E-state index contributed by atoms with van der Waals surface area (Å²) >= 11 is 2.22. The van der Waals surface area contributed by atoms with Crippen molar-refractivity contribution in [3.05, 3.63) is 50.1 Å². The number of hydrogen-bond acceptors (Lipinski definition) is 3. The van der Waals surface area contributed by atoms with Gasteiger partial charge in [-0.15, -0.1) is 0 Å². The minimum absolute atomic E-state index is 0.151. The van der Waals surface area contributed by atoms with Gasteiger partial charge in [0.05, 0.1) is 6.07 Å². The lowest BCUT2D eigenvalue weighted by Gasteiger charge is -2.08. The molecule has 0 unspecified atom stereocenters. The van der Waals surface area contributed by atoms with E-state index >= 15 is 0 Å². The lowest BCUT2D eigenvalue weighted by Crippen LogP contribution is -2.11. The first-order valence-electron chi connectivity index (χ1n) is 5.59. The van der Waals surface area contributed by atoms with Gasteiger partial charge in [0, 0.05) is 9.49 Å². The van der Waals surface area contributed by atoms with E-state index in [0.29, 0.717) is 17.5 Å². The molecular formula is C13H13IN2O2. The smallest absolute Gasteiger partial charge is 0.254 e. The van der Waals surface area contributed by atoms with Crippen LogP contribution in [0.15, 0.2) is 35.1 Å². The van der Waals surface area contributed by atoms with Crippen molar-refractivity contribution < 1.29 is 4.74 Å². The molecule has 94 valence electrons. The van der Waals surface area contributed by atoms with Crippen molar-refractivity contribution in [1.29, 1.82) is 0 Å². The van der Waals surface area contributed by atoms with Gasteiger partial charge in [-0.25, -0.2) is 0 Å². The van der Waals surface area contributed by atoms with E-state index in [9.17, 15) is 4.79 Å². The third-order valence-electron chi connectivity index (χ3n) is 2.32. The predicted octanol–water partition coefficient (Wildman–Crippen LogP) is 3.29. The molecule has 0 aliphatic heterocycles. The molecule has 0 bridgehead atoms. The maximum atomic E-state index is 11.5. The van der Waals surface area contributed by atoms with Crippen LogP contribution in [0.3, 0.4) is 0 Å². The van der Waals surface area contributed by atoms with Gasteiger partial charge >= 0.3 is 0 Å². The lowest BCUT2D eigenvalue weighted by molar-refractivity contribution is 0.455. The number of H-pyrrole nitrogens is 1. The van der Waals surface area contributed by atoms with Gasteiger partial charge in [-0.1, -0.05) is 13.8 Å². The number of benzene rings is 1. The highest BCUT2D eigenvalue weighted by molar-refractivity contribution is 14.1. The lowest BCUT2D eigenvalue weighted by atomic mass is 10.2. The first-order valence-corrected chi connectivity index (χ1v) is 6.67. The fourth-order valence-corrected chi connectivity index (χ4v) is 1.76. The van der Waals surface area contributed by atoms with Crippen LogP contribution in [0.25, 0.3) is 0 Å². The van der Waals surface area contributed by atoms with Gasteiger partial charge in [0.25, 0.3) is 5.56 Å². The van der Waals surface area contributed by atoms with Crippen molar-refractivity contribution in [1.82, 2.24) is 9.97 Å². The summed E-state index contributed by atoms with van der Waals surface area (Å²) in [6.45, 7) is 3.93. The average molecular weight is 356 g/mol. The molecule has 2 rings (SSSR count). The van der Waals surface area contributed by atoms with Gasteiger partial charge in [0.2, 0.25) is 5.88 Å². The van der Waals surface area contributed by atoms with E-state index in [-0.39, 0.29) is 11.5 Å². The van der Waals surface area contributed by atoms with Crippen LogP contribution in [0, 0.1) is 3.57 Å². The number of aromatic amines is 1. The maximum absolute atomic E-state index is 11.5. The number of aromatic nitrogens is 2. The number of hydrogen-bond donors (Lipinski definition) is 1. The van der Waals surface area contributed by atoms with E-state index in [1.807, 2.05) is 38.1 Å². The molecule has 0 radical (unpaired) electrons. The van der Waals surface area contributed by atoms with Crippen LogP contribution >= 0.6 is 22.6 Å². The molecule has 1 aromatic carbocycles. The van der Waals surface area contributed by atoms with Crippen molar-refractivity contribution in [2.24, 2.45) is 0 Å². The predicted molar refractivity (Wildman–Crippen MR) is 78.2 cm³/mol. The quantitative estimate of drug-likeness (QED) is 0.859. The van der Waals surface area contributed by atoms with Crippen LogP contribution in [0.5, 0.6) is 11.6 Å². The molecule has 0 atom stereocenters. The topological polar surface area (TPSA) is 55.0 Å². The van der Waals surface area contributed by atoms with E-state index in [1.165, 1.54) is 6.07 Å². The summed E-state index contributed by atoms with van der Waals surface area (Å²) in [5, 5.41) is 0. The Balaban J connectivity index is 2.28. The van der Waals surface area contributed by atoms with Crippen LogP contribution in [-0.4, -0.2) is 9.97 Å². The van der Waals surface area contributed by atoms with Crippen LogP contribution in [0.4, 0.5) is 0 Å². The third-order valence-corrected chi connectivity index (χ3v) is 3.04. The number of ether oxygens (including phenoxy) is 1. The molecule has 0 fully saturated rings. The summed E-state index contributed by atoms with van der Waals surface area (Å²) in [5.74, 6) is 1.77. The molecule has 0 saturated heterocycles. The molecule has 5 heteroatoms. The van der Waals surface area contributed by atoms with Crippen LogP contribution < -0.4 is 10.3 Å². The third kappa shape index (κ3) is 3.32. The summed E-state index contributed by atoms with van der Waals surface area (Å²) in [6, 6.07) is 8.92. The zero-order chi connectivity index (χ0) is 13.1. The fourth-order valence-electron chi connectivity index (χ4n) is 1.40. The number of halogens is 1. The van der Waals surface area contributed by atoms with E-state index in [1.54, 1.807) is 0 Å². The highest BCUT2D eigenvalue weighted by Crippen LogP contribution is 2.20. The molecule has 0 spiro atoms. The van der Waals surface area contributed by atoms with Gasteiger partial charge in [-0.05, 0) is 46.9 Å². The second-order valence-electron chi connectivity index (χ2n) is 4.18. The Morgan fingerprint density at radius 3 is 2.56 bits per heavy atom. The first kappa shape index (κ1) is 13.1. The zero-order valence-electron chi connectivity index (χ0n) is 10.1. The Kier molecular flexibility index (Phi) is 4.00. The minimum Gasteiger partial charge on any atom is -0.439 e. The van der Waals surface area contributed by atoms with Crippen molar-refractivity contribution in [2.75, 3.05) is 0 Å². The molecule has 0 amide bonds. The summed E-state index contributed by atoms with van der Waals surface area (Å²) < 4.78 is 6.70. The average Bonchev–Trinajstić information content (AvgIpc) is 2.31. The normalized spacial score (nSPS) is 10.7. The first-order chi connectivity index (χ1) is 8.54. The Hall–Kier alpha value is -1.37. The largest absolute Gasteiger partial charge is 0.439 e. The van der Waals surface area contributed by atoms with E-state index in [2.05, 4.69) is 32.6 Å². The molecule has 1 heterocycles. The van der Waals surface area contributed by atoms with Gasteiger partial charge in [0.15, 0.2) is 0 Å². The Morgan fingerprint density at radius 2 is 1.94 bits per heavy atom. The zero-order valence-corrected chi connectivity index (χ0v) is 12.3. The molecule has 1 N–H and O–H groups in total. The summed E-state index contributed by atoms with van der Waals surface area (Å²) in [4.78, 5) is 18.4. The molecular weight excluding hydrogens is 343 g/mol. The van der Waals surface area contributed by atoms with Gasteiger partial charge in [0.1, 0.15) is 11.6 Å². The Bertz CT molecular complexity index is 591. The highest BCUT2D eigenvalue weighted by Gasteiger charge is 2.06. The highest BCUT2D eigenvalue weighted by atomic mass is 127. The molecule has 2 aromatic rings. The second-order valence-corrected chi connectivity index (χ2v) is 5.43. The van der Waals surface area contributed by atoms with Crippen LogP contribution in [0.1, 0.15) is 25.6 Å². The number of nitrogens with zero attached hydrogens (tertiary/aromatic N) is 1. The van der Waals surface area contributed by atoms with E-state index in [0.717, 1.165) is 3.57 Å². The molecule has 18 heavy (non-hydrogen) atoms. The number of rotatable bonds is 3. The standard InChI is InChI=1S/C13H13IN2O2/c1-8(2)13-15-11(17)7-12(16-13)18-10-5-3-9(14)4-6-10/h3-8H,1-2H3,(H,15,16,17).